The quantitative estimate of drug-likeness (QED) is 0.234. The second kappa shape index (κ2) is 9.41. The molecule has 1 aromatic carbocycles. The van der Waals surface area contributed by atoms with Gasteiger partial charge in [-0.05, 0) is 62.2 Å². The van der Waals surface area contributed by atoms with Gasteiger partial charge in [0.15, 0.2) is 5.16 Å². The topological polar surface area (TPSA) is 120 Å². The number of anilines is 3. The van der Waals surface area contributed by atoms with Crippen LogP contribution in [0.5, 0.6) is 0 Å². The number of aromatic nitrogens is 2. The van der Waals surface area contributed by atoms with E-state index in [0.29, 0.717) is 28.8 Å². The predicted molar refractivity (Wildman–Crippen MR) is 125 cm³/mol. The maximum absolute atomic E-state index is 13.1. The van der Waals surface area contributed by atoms with E-state index in [1.54, 1.807) is 31.2 Å². The second-order valence-corrected chi connectivity index (χ2v) is 9.67. The number of nitrogens with two attached hydrogens (primary N) is 1. The van der Waals surface area contributed by atoms with Gasteiger partial charge in [-0.3, -0.25) is 4.79 Å². The van der Waals surface area contributed by atoms with Crippen LogP contribution in [-0.4, -0.2) is 47.0 Å². The fourth-order valence-electron chi connectivity index (χ4n) is 3.54. The number of hydrogen-bond donors (Lipinski definition) is 4. The van der Waals surface area contributed by atoms with Gasteiger partial charge in [0.2, 0.25) is 5.91 Å². The van der Waals surface area contributed by atoms with Gasteiger partial charge in [0.25, 0.3) is 0 Å². The molecule has 1 aliphatic carbocycles. The zero-order chi connectivity index (χ0) is 24.5. The number of amides is 1. The molecule has 34 heavy (non-hydrogen) atoms. The second-order valence-electron chi connectivity index (χ2n) is 8.63. The van der Waals surface area contributed by atoms with Crippen molar-refractivity contribution in [3.63, 3.8) is 0 Å². The van der Waals surface area contributed by atoms with E-state index in [4.69, 9.17) is 11.1 Å². The van der Waals surface area contributed by atoms with E-state index >= 15 is 0 Å². The average molecular weight is 494 g/mol. The minimum atomic E-state index is -4.54. The van der Waals surface area contributed by atoms with Crippen molar-refractivity contribution in [2.24, 2.45) is 11.1 Å². The molecule has 2 aliphatic rings. The largest absolute Gasteiger partial charge is 0.403 e. The Morgan fingerprint density at radius 1 is 1.26 bits per heavy atom. The normalized spacial score (nSPS) is 17.5. The first-order chi connectivity index (χ1) is 16.1. The van der Waals surface area contributed by atoms with Gasteiger partial charge in [-0.25, -0.2) is 9.97 Å². The highest BCUT2D eigenvalue weighted by molar-refractivity contribution is 7.99. The first kappa shape index (κ1) is 24.3. The van der Waals surface area contributed by atoms with Gasteiger partial charge >= 0.3 is 6.18 Å². The Labute approximate surface area is 199 Å². The van der Waals surface area contributed by atoms with Crippen LogP contribution in [0.4, 0.5) is 30.5 Å². The van der Waals surface area contributed by atoms with E-state index in [2.05, 4.69) is 25.5 Å². The van der Waals surface area contributed by atoms with Crippen LogP contribution < -0.4 is 21.3 Å². The number of carbonyl (C=O) groups excluding carboxylic acids is 1. The molecule has 1 saturated heterocycles. The van der Waals surface area contributed by atoms with Crippen LogP contribution >= 0.6 is 11.8 Å². The Balaban J connectivity index is 1.45. The highest BCUT2D eigenvalue weighted by Gasteiger charge is 2.68. The lowest BCUT2D eigenvalue weighted by Crippen LogP contribution is -2.38. The molecule has 0 spiro atoms. The summed E-state index contributed by atoms with van der Waals surface area (Å²) in [6, 6.07) is 8.35. The molecule has 182 valence electrons. The summed E-state index contributed by atoms with van der Waals surface area (Å²) in [5.74, 6) is 0.313. The van der Waals surface area contributed by atoms with Gasteiger partial charge in [0, 0.05) is 41.9 Å². The van der Waals surface area contributed by atoms with Gasteiger partial charge in [0.05, 0.1) is 6.17 Å². The van der Waals surface area contributed by atoms with Crippen LogP contribution in [-0.2, 0) is 4.79 Å². The van der Waals surface area contributed by atoms with Crippen molar-refractivity contribution >= 4 is 40.7 Å². The molecule has 8 nitrogen and oxygen atoms in total. The minimum absolute atomic E-state index is 0.180. The van der Waals surface area contributed by atoms with Crippen LogP contribution in [0.25, 0.3) is 0 Å². The Hall–Kier alpha value is -2.86. The van der Waals surface area contributed by atoms with E-state index in [0.717, 1.165) is 30.2 Å². The van der Waals surface area contributed by atoms with Crippen LogP contribution in [0, 0.1) is 10.8 Å². The molecule has 1 saturated carbocycles. The summed E-state index contributed by atoms with van der Waals surface area (Å²) in [6.07, 6.45) is -3.89. The maximum Gasteiger partial charge on any atom is 0.403 e. The van der Waals surface area contributed by atoms with Gasteiger partial charge in [0.1, 0.15) is 17.1 Å². The summed E-state index contributed by atoms with van der Waals surface area (Å²) in [5.41, 5.74) is 4.57. The summed E-state index contributed by atoms with van der Waals surface area (Å²) in [7, 11) is 0. The minimum Gasteiger partial charge on any atom is -0.356 e. The number of halogens is 3. The van der Waals surface area contributed by atoms with Crippen molar-refractivity contribution in [3.05, 3.63) is 30.3 Å². The first-order valence-corrected chi connectivity index (χ1v) is 11.7. The molecule has 1 amide bonds. The molecule has 5 N–H and O–H groups in total. The predicted octanol–water partition coefficient (Wildman–Crippen LogP) is 4.25. The summed E-state index contributed by atoms with van der Waals surface area (Å²) in [4.78, 5) is 24.2. The number of nitrogens with zero attached hydrogens (tertiary/aromatic N) is 3. The Morgan fingerprint density at radius 2 is 1.94 bits per heavy atom. The number of rotatable bonds is 9. The first-order valence-electron chi connectivity index (χ1n) is 10.9. The van der Waals surface area contributed by atoms with Crippen LogP contribution in [0.2, 0.25) is 0 Å². The molecular weight excluding hydrogens is 467 g/mol. The van der Waals surface area contributed by atoms with Gasteiger partial charge in [-0.15, -0.1) is 0 Å². The highest BCUT2D eigenvalue weighted by Crippen LogP contribution is 2.58. The van der Waals surface area contributed by atoms with Gasteiger partial charge in [-0.1, -0.05) is 0 Å². The van der Waals surface area contributed by atoms with Gasteiger partial charge in [-0.2, -0.15) is 13.2 Å². The van der Waals surface area contributed by atoms with Crippen LogP contribution in [0.3, 0.4) is 0 Å². The molecule has 0 bridgehead atoms. The summed E-state index contributed by atoms with van der Waals surface area (Å²) >= 11 is 1.29. The van der Waals surface area contributed by atoms with E-state index in [1.807, 2.05) is 6.07 Å². The molecule has 2 aromatic rings. The van der Waals surface area contributed by atoms with E-state index in [9.17, 15) is 18.0 Å². The molecule has 2 heterocycles. The maximum atomic E-state index is 13.1. The van der Waals surface area contributed by atoms with E-state index in [1.165, 1.54) is 11.8 Å². The van der Waals surface area contributed by atoms with Crippen molar-refractivity contribution in [2.75, 3.05) is 28.6 Å². The molecule has 1 aliphatic heterocycles. The lowest BCUT2D eigenvalue weighted by Gasteiger charge is -2.32. The molecule has 2 fully saturated rings. The number of benzene rings is 1. The van der Waals surface area contributed by atoms with Crippen molar-refractivity contribution in [1.82, 2.24) is 9.97 Å². The summed E-state index contributed by atoms with van der Waals surface area (Å²) in [6.45, 7) is 3.49. The van der Waals surface area contributed by atoms with E-state index < -0.39 is 23.7 Å². The number of hydrogen-bond acceptors (Lipinski definition) is 8. The van der Waals surface area contributed by atoms with Crippen molar-refractivity contribution < 1.29 is 18.0 Å². The van der Waals surface area contributed by atoms with Crippen molar-refractivity contribution in [2.45, 2.75) is 55.0 Å². The zero-order valence-electron chi connectivity index (χ0n) is 18.6. The van der Waals surface area contributed by atoms with Gasteiger partial charge < -0.3 is 26.7 Å². The molecule has 4 rings (SSSR count). The number of nitrogens with one attached hydrogen (secondary N) is 3. The van der Waals surface area contributed by atoms with Crippen molar-refractivity contribution in [1.29, 1.82) is 5.41 Å². The van der Waals surface area contributed by atoms with Crippen LogP contribution in [0.15, 0.2) is 40.4 Å². The molecule has 0 radical (unpaired) electrons. The smallest absolute Gasteiger partial charge is 0.356 e. The Kier molecular flexibility index (Phi) is 6.72. The third-order valence-electron chi connectivity index (χ3n) is 5.78. The number of alkyl halides is 3. The summed E-state index contributed by atoms with van der Waals surface area (Å²) < 4.78 is 39.4. The molecule has 1 atom stereocenters. The van der Waals surface area contributed by atoms with E-state index in [-0.39, 0.29) is 12.8 Å². The lowest BCUT2D eigenvalue weighted by atomic mass is 10.1. The zero-order valence-corrected chi connectivity index (χ0v) is 19.4. The summed E-state index contributed by atoms with van der Waals surface area (Å²) in [5, 5.41) is 13.6. The standard InChI is InChI=1S/C22H26F3N7OS/c1-13(26)11-16(27)29-17-12-18(32-9-2-10-32)31-20(30-17)34-15-5-3-14(4-6-15)28-19(33)21(7-8-21)22(23,24)25/h3-6,12,16,26H,2,7-11,27H2,1H3,(H,28,33)(H,29,30,31). The average Bonchev–Trinajstić information content (AvgIpc) is 3.49. The molecule has 1 aromatic heterocycles. The highest BCUT2D eigenvalue weighted by atomic mass is 32.2. The van der Waals surface area contributed by atoms with Crippen LogP contribution in [0.1, 0.15) is 32.6 Å². The molecular formula is C22H26F3N7OS. The van der Waals surface area contributed by atoms with Crippen molar-refractivity contribution in [3.8, 4) is 0 Å². The number of carbonyl (C=O) groups is 1. The third-order valence-corrected chi connectivity index (χ3v) is 6.65. The molecule has 12 heteroatoms. The third kappa shape index (κ3) is 5.44. The lowest BCUT2D eigenvalue weighted by molar-refractivity contribution is -0.189. The molecule has 1 unspecified atom stereocenters. The monoisotopic (exact) mass is 493 g/mol. The Morgan fingerprint density at radius 3 is 2.47 bits per heavy atom. The fraction of sp³-hybridized carbons (Fsp3) is 0.455. The SMILES string of the molecule is CC(=N)CC(N)Nc1cc(N2CCC2)nc(Sc2ccc(NC(=O)C3(C(F)(F)F)CC3)cc2)n1. The fourth-order valence-corrected chi connectivity index (χ4v) is 4.30. The Bertz CT molecular complexity index is 1070.